The van der Waals surface area contributed by atoms with Crippen LogP contribution < -0.4 is 10.1 Å². The molecule has 0 amide bonds. The van der Waals surface area contributed by atoms with E-state index in [2.05, 4.69) is 83.1 Å². The molecule has 160 valence electrons. The van der Waals surface area contributed by atoms with E-state index in [1.807, 2.05) is 0 Å². The minimum absolute atomic E-state index is 0.351. The number of nitrogens with one attached hydrogen (secondary N) is 2. The Kier molecular flexibility index (Phi) is 6.32. The predicted molar refractivity (Wildman–Crippen MR) is 119 cm³/mol. The van der Waals surface area contributed by atoms with E-state index in [0.29, 0.717) is 11.5 Å². The predicted octanol–water partition coefficient (Wildman–Crippen LogP) is 4.67. The maximum atomic E-state index is 6.34. The molecule has 0 radical (unpaired) electrons. The minimum Gasteiger partial charge on any atom is -0.490 e. The SMILES string of the molecule is CC(C)(C)C1CCC(Oc2ccc3cc(CNCCc4nnn[nH]4)ccc3c2)CC1. The van der Waals surface area contributed by atoms with Crippen LogP contribution in [-0.2, 0) is 13.0 Å². The number of aromatic nitrogens is 4. The van der Waals surface area contributed by atoms with Gasteiger partial charge >= 0.3 is 0 Å². The maximum Gasteiger partial charge on any atom is 0.149 e. The van der Waals surface area contributed by atoms with Crippen molar-refractivity contribution in [2.45, 2.75) is 65.5 Å². The van der Waals surface area contributed by atoms with Crippen molar-refractivity contribution < 1.29 is 4.74 Å². The fraction of sp³-hybridized carbons (Fsp3) is 0.542. The Morgan fingerprint density at radius 2 is 1.80 bits per heavy atom. The Morgan fingerprint density at radius 1 is 1.03 bits per heavy atom. The summed E-state index contributed by atoms with van der Waals surface area (Å²) >= 11 is 0. The van der Waals surface area contributed by atoms with Crippen molar-refractivity contribution in [1.82, 2.24) is 25.9 Å². The average Bonchev–Trinajstić information content (AvgIpc) is 3.24. The molecule has 3 aromatic rings. The molecule has 1 aliphatic carbocycles. The summed E-state index contributed by atoms with van der Waals surface area (Å²) in [5.74, 6) is 2.61. The second-order valence-corrected chi connectivity index (χ2v) is 9.58. The number of fused-ring (bicyclic) bond motifs is 1. The third kappa shape index (κ3) is 5.36. The van der Waals surface area contributed by atoms with Crippen molar-refractivity contribution in [1.29, 1.82) is 0 Å². The summed E-state index contributed by atoms with van der Waals surface area (Å²) in [5, 5.41) is 19.8. The molecule has 4 rings (SSSR count). The Hall–Kier alpha value is -2.47. The average molecular weight is 408 g/mol. The van der Waals surface area contributed by atoms with Crippen LogP contribution in [0.4, 0.5) is 0 Å². The fourth-order valence-electron chi connectivity index (χ4n) is 4.42. The van der Waals surface area contributed by atoms with Crippen molar-refractivity contribution in [3.63, 3.8) is 0 Å². The fourth-order valence-corrected chi connectivity index (χ4v) is 4.42. The molecule has 6 heteroatoms. The lowest BCUT2D eigenvalue weighted by molar-refractivity contribution is 0.0883. The first-order valence-corrected chi connectivity index (χ1v) is 11.1. The molecule has 1 aromatic heterocycles. The number of benzene rings is 2. The van der Waals surface area contributed by atoms with Gasteiger partial charge in [-0.15, -0.1) is 5.10 Å². The number of hydrogen-bond donors (Lipinski definition) is 2. The van der Waals surface area contributed by atoms with Crippen molar-refractivity contribution >= 4 is 10.8 Å². The van der Waals surface area contributed by atoms with Gasteiger partial charge in [-0.3, -0.25) is 0 Å². The second kappa shape index (κ2) is 9.13. The molecule has 0 aliphatic heterocycles. The molecule has 2 N–H and O–H groups in total. The normalized spacial score (nSPS) is 19.8. The number of rotatable bonds is 7. The first-order valence-electron chi connectivity index (χ1n) is 11.1. The maximum absolute atomic E-state index is 6.34. The molecule has 0 atom stereocenters. The lowest BCUT2D eigenvalue weighted by Crippen LogP contribution is -2.30. The van der Waals surface area contributed by atoms with E-state index in [1.54, 1.807) is 0 Å². The second-order valence-electron chi connectivity index (χ2n) is 9.58. The summed E-state index contributed by atoms with van der Waals surface area (Å²) in [4.78, 5) is 0. The zero-order valence-electron chi connectivity index (χ0n) is 18.3. The first-order chi connectivity index (χ1) is 14.5. The Balaban J connectivity index is 1.30. The molecule has 1 fully saturated rings. The molecule has 1 aliphatic rings. The van der Waals surface area contributed by atoms with E-state index in [0.717, 1.165) is 49.8 Å². The van der Waals surface area contributed by atoms with E-state index in [-0.39, 0.29) is 0 Å². The van der Waals surface area contributed by atoms with Gasteiger partial charge in [-0.25, -0.2) is 5.10 Å². The van der Waals surface area contributed by atoms with E-state index in [4.69, 9.17) is 4.74 Å². The van der Waals surface area contributed by atoms with Crippen LogP contribution in [0.15, 0.2) is 36.4 Å². The smallest absolute Gasteiger partial charge is 0.149 e. The van der Waals surface area contributed by atoms with Crippen molar-refractivity contribution in [3.05, 3.63) is 47.8 Å². The molecule has 0 unspecified atom stereocenters. The molecular formula is C24H33N5O. The number of tetrazole rings is 1. The number of aromatic amines is 1. The highest BCUT2D eigenvalue weighted by atomic mass is 16.5. The van der Waals surface area contributed by atoms with E-state index in [9.17, 15) is 0 Å². The molecule has 6 nitrogen and oxygen atoms in total. The summed E-state index contributed by atoms with van der Waals surface area (Å²) in [6.07, 6.45) is 6.00. The van der Waals surface area contributed by atoms with Gasteiger partial charge in [0.25, 0.3) is 0 Å². The highest BCUT2D eigenvalue weighted by Crippen LogP contribution is 2.39. The summed E-state index contributed by atoms with van der Waals surface area (Å²) in [5.41, 5.74) is 1.68. The number of hydrogen-bond acceptors (Lipinski definition) is 5. The third-order valence-corrected chi connectivity index (χ3v) is 6.33. The highest BCUT2D eigenvalue weighted by Gasteiger charge is 2.30. The quantitative estimate of drug-likeness (QED) is 0.557. The largest absolute Gasteiger partial charge is 0.490 e. The molecular weight excluding hydrogens is 374 g/mol. The van der Waals surface area contributed by atoms with Crippen LogP contribution in [0.3, 0.4) is 0 Å². The van der Waals surface area contributed by atoms with Crippen LogP contribution in [0.5, 0.6) is 5.75 Å². The Bertz CT molecular complexity index is 940. The Labute approximate surface area is 178 Å². The number of ether oxygens (including phenoxy) is 1. The lowest BCUT2D eigenvalue weighted by Gasteiger charge is -2.37. The number of nitrogens with zero attached hydrogens (tertiary/aromatic N) is 3. The standard InChI is InChI=1S/C24H33N5O/c1-24(2,3)20-7-10-21(11-8-20)30-22-9-6-18-14-17(4-5-19(18)15-22)16-25-13-12-23-26-28-29-27-23/h4-6,9,14-15,20-21,25H,7-8,10-13,16H2,1-3H3,(H,26,27,28,29). The van der Waals surface area contributed by atoms with Gasteiger partial charge in [0.2, 0.25) is 0 Å². The summed E-state index contributed by atoms with van der Waals surface area (Å²) in [6.45, 7) is 8.74. The molecule has 1 saturated carbocycles. The van der Waals surface area contributed by atoms with Gasteiger partial charge in [0.05, 0.1) is 6.10 Å². The van der Waals surface area contributed by atoms with E-state index >= 15 is 0 Å². The van der Waals surface area contributed by atoms with Crippen LogP contribution in [0, 0.1) is 11.3 Å². The first kappa shape index (κ1) is 20.8. The topological polar surface area (TPSA) is 75.7 Å². The summed E-state index contributed by atoms with van der Waals surface area (Å²) in [6, 6.07) is 13.1. The van der Waals surface area contributed by atoms with Crippen LogP contribution in [0.25, 0.3) is 10.8 Å². The third-order valence-electron chi connectivity index (χ3n) is 6.33. The van der Waals surface area contributed by atoms with E-state index < -0.39 is 0 Å². The highest BCUT2D eigenvalue weighted by molar-refractivity contribution is 5.84. The monoisotopic (exact) mass is 407 g/mol. The van der Waals surface area contributed by atoms with Crippen LogP contribution in [0.1, 0.15) is 57.8 Å². The van der Waals surface area contributed by atoms with Gasteiger partial charge in [-0.2, -0.15) is 0 Å². The van der Waals surface area contributed by atoms with Crippen molar-refractivity contribution in [2.24, 2.45) is 11.3 Å². The summed E-state index contributed by atoms with van der Waals surface area (Å²) < 4.78 is 6.34. The van der Waals surface area contributed by atoms with Crippen LogP contribution >= 0.6 is 0 Å². The molecule has 1 heterocycles. The molecule has 0 bridgehead atoms. The van der Waals surface area contributed by atoms with Crippen molar-refractivity contribution in [3.8, 4) is 5.75 Å². The van der Waals surface area contributed by atoms with Crippen LogP contribution in [-0.4, -0.2) is 33.3 Å². The van der Waals surface area contributed by atoms with Gasteiger partial charge in [-0.05, 0) is 82.0 Å². The molecule has 0 spiro atoms. The van der Waals surface area contributed by atoms with Crippen molar-refractivity contribution in [2.75, 3.05) is 6.54 Å². The minimum atomic E-state index is 0.351. The van der Waals surface area contributed by atoms with Gasteiger partial charge < -0.3 is 10.1 Å². The lowest BCUT2D eigenvalue weighted by atomic mass is 9.72. The van der Waals surface area contributed by atoms with Crippen LogP contribution in [0.2, 0.25) is 0 Å². The van der Waals surface area contributed by atoms with Gasteiger partial charge in [0.1, 0.15) is 11.6 Å². The summed E-state index contributed by atoms with van der Waals surface area (Å²) in [7, 11) is 0. The molecule has 30 heavy (non-hydrogen) atoms. The zero-order chi connectivity index (χ0) is 21.0. The molecule has 2 aromatic carbocycles. The van der Waals surface area contributed by atoms with E-state index in [1.165, 1.54) is 29.2 Å². The zero-order valence-corrected chi connectivity index (χ0v) is 18.3. The van der Waals surface area contributed by atoms with Gasteiger partial charge in [0, 0.05) is 19.5 Å². The number of H-pyrrole nitrogens is 1. The van der Waals surface area contributed by atoms with Gasteiger partial charge in [0.15, 0.2) is 0 Å². The Morgan fingerprint density at radius 3 is 2.53 bits per heavy atom. The molecule has 0 saturated heterocycles. The van der Waals surface area contributed by atoms with Gasteiger partial charge in [-0.1, -0.05) is 39.0 Å².